The Morgan fingerprint density at radius 3 is 1.21 bits per heavy atom. The highest BCUT2D eigenvalue weighted by Gasteiger charge is 2.26. The Morgan fingerprint density at radius 1 is 0.289 bits per heavy atom. The fourth-order valence-corrected chi connectivity index (χ4v) is 10.7. The van der Waals surface area contributed by atoms with E-state index in [0.29, 0.717) is 15.9 Å². The summed E-state index contributed by atoms with van der Waals surface area (Å²) in [4.78, 5) is 206. The van der Waals surface area contributed by atoms with Crippen molar-refractivity contribution in [3.05, 3.63) is 264 Å². The first-order valence-electron chi connectivity index (χ1n) is 40.7. The van der Waals surface area contributed by atoms with Crippen LogP contribution in [0.15, 0.2) is 150 Å². The van der Waals surface area contributed by atoms with Crippen LogP contribution in [0, 0.1) is 59.2 Å². The minimum absolute atomic E-state index is 0.00926. The summed E-state index contributed by atoms with van der Waals surface area (Å²) in [6, 6.07) is 15.0. The van der Waals surface area contributed by atoms with Crippen LogP contribution in [-0.4, -0.2) is 164 Å². The lowest BCUT2D eigenvalue weighted by Crippen LogP contribution is -2.18. The van der Waals surface area contributed by atoms with Gasteiger partial charge in [0.25, 0.3) is 11.1 Å². The van der Waals surface area contributed by atoms with Crippen LogP contribution in [0.4, 0.5) is 0 Å². The number of Topliss-reactive ketones (excluding diaryl/α,β-unsaturated/α-hetero) is 10. The number of hydrogen-bond acceptors (Lipinski definition) is 31. The van der Waals surface area contributed by atoms with Crippen LogP contribution in [0.3, 0.4) is 0 Å². The molecule has 0 spiro atoms. The van der Waals surface area contributed by atoms with Crippen molar-refractivity contribution < 1.29 is 120 Å². The second-order valence-electron chi connectivity index (χ2n) is 32.0. The predicted molar refractivity (Wildman–Crippen MR) is 503 cm³/mol. The zero-order chi connectivity index (χ0) is 104. The molecule has 20 N–H and O–H groups in total. The van der Waals surface area contributed by atoms with Crippen molar-refractivity contribution in [1.82, 2.24) is 34.6 Å². The zero-order valence-corrected chi connectivity index (χ0v) is 79.9. The van der Waals surface area contributed by atoms with Gasteiger partial charge in [0.05, 0.1) is 38.2 Å². The predicted octanol–water partition coefficient (Wildman–Crippen LogP) is 14.6. The molecule has 0 saturated carbocycles. The van der Waals surface area contributed by atoms with E-state index in [-0.39, 0.29) is 211 Å². The Balaban J connectivity index is 0.000000750. The maximum atomic E-state index is 11.6. The summed E-state index contributed by atoms with van der Waals surface area (Å²) in [5.41, 5.74) is -2.83. The molecule has 730 valence electrons. The number of nitrogens with zero attached hydrogens (tertiary/aromatic N) is 1. The molecule has 0 atom stereocenters. The first-order valence-corrected chi connectivity index (χ1v) is 42.2. The molecule has 0 unspecified atom stereocenters. The zero-order valence-electron chi connectivity index (χ0n) is 76.9. The number of rotatable bonds is 20. The van der Waals surface area contributed by atoms with Crippen LogP contribution in [0.1, 0.15) is 243 Å². The smallest absolute Gasteiger partial charge is 0.290 e. The molecule has 0 aliphatic rings. The number of aromatic nitrogens is 7. The summed E-state index contributed by atoms with van der Waals surface area (Å²) >= 11 is 22.7. The molecule has 0 aliphatic heterocycles. The molecule has 0 radical (unpaired) electrons. The molecule has 3 aromatic carbocycles. The Bertz CT molecular complexity index is 6290. The lowest BCUT2D eigenvalue weighted by Gasteiger charge is -2.10. The van der Waals surface area contributed by atoms with Crippen molar-refractivity contribution in [3.63, 3.8) is 0 Å². The monoisotopic (exact) mass is 1960 g/mol. The van der Waals surface area contributed by atoms with Gasteiger partial charge >= 0.3 is 0 Å². The van der Waals surface area contributed by atoms with Crippen molar-refractivity contribution in [2.24, 2.45) is 59.2 Å². The molecule has 0 fully saturated rings. The lowest BCUT2D eigenvalue weighted by atomic mass is 10.0. The van der Waals surface area contributed by atoms with Gasteiger partial charge in [0.1, 0.15) is 22.1 Å². The number of carbonyl (C=O) groups excluding carboxylic acids is 10. The highest BCUT2D eigenvalue weighted by molar-refractivity contribution is 6.38. The average Bonchev–Trinajstić information content (AvgIpc) is 0.792. The number of aromatic amines is 6. The highest BCUT2D eigenvalue weighted by Crippen LogP contribution is 2.42. The Morgan fingerprint density at radius 2 is 0.726 bits per heavy atom. The summed E-state index contributed by atoms with van der Waals surface area (Å²) < 4.78 is 0.457. The topological polar surface area (TPSA) is 673 Å². The molecule has 135 heavy (non-hydrogen) atoms. The summed E-state index contributed by atoms with van der Waals surface area (Å²) in [6.45, 7) is 34.4. The second-order valence-corrected chi connectivity index (χ2v) is 33.5. The number of phenolic OH excluding ortho intramolecular Hbond substituents is 6. The minimum Gasteiger partial charge on any atom is -0.504 e. The first kappa shape index (κ1) is 118. The van der Waals surface area contributed by atoms with E-state index in [0.717, 1.165) is 36.9 Å². The maximum absolute atomic E-state index is 11.6. The van der Waals surface area contributed by atoms with Gasteiger partial charge in [-0.15, -0.1) is 0 Å². The van der Waals surface area contributed by atoms with E-state index < -0.39 is 84.3 Å². The number of ketones is 10. The number of halogens is 4. The van der Waals surface area contributed by atoms with Crippen LogP contribution in [0.2, 0.25) is 20.1 Å². The number of aromatic hydroxyl groups is 13. The average molecular weight is 1960 g/mol. The molecule has 7 heterocycles. The molecule has 0 saturated heterocycles. The van der Waals surface area contributed by atoms with Crippen LogP contribution in [0.5, 0.6) is 74.7 Å². The SMILES string of the molecule is CC(C)C(=O)c1[nH]cc(O)c(=O)c1Cl.CC(C)C(=O)c1[nH]ccc(=O)c1O.CC(C)C(=O)c1c[nH]c(=O)c(O)c1.CC(C)C(=O)c1c[nH]cc(O)c1=O.CC(C)C(=O)c1cc(=O)c(O)c[nH]1.CC(C)C(=O)c1cc(=O)c(O)cn1O.CC(C)C(=O)c1cc(Cl)c(O)c(O)c1Cl.CC(C)C(=O)c1ccc(O)c(=O)[nH]1.CC(C)C(=O)c1ccc(O)c(O)c1.CC(C)C(=O)c1ccc(O)c(O)c1Cl. The van der Waals surface area contributed by atoms with E-state index in [2.05, 4.69) is 29.9 Å². The van der Waals surface area contributed by atoms with Crippen LogP contribution < -0.4 is 38.3 Å². The van der Waals surface area contributed by atoms with Gasteiger partial charge < -0.3 is 101 Å². The number of pyridine rings is 7. The molecule has 0 amide bonds. The van der Waals surface area contributed by atoms with Crippen LogP contribution in [-0.2, 0) is 0 Å². The third-order valence-electron chi connectivity index (χ3n) is 17.7. The molecule has 0 bridgehead atoms. The number of benzene rings is 3. The second kappa shape index (κ2) is 54.4. The fraction of sp³-hybridized carbons (Fsp3) is 0.323. The summed E-state index contributed by atoms with van der Waals surface area (Å²) in [5, 5.41) is 127. The molecule has 0 aliphatic carbocycles. The van der Waals surface area contributed by atoms with Crippen LogP contribution >= 0.6 is 46.4 Å². The molecule has 38 nitrogen and oxygen atoms in total. The first-order chi connectivity index (χ1) is 62.3. The molecule has 10 aromatic rings. The van der Waals surface area contributed by atoms with Gasteiger partial charge in [0.15, 0.2) is 133 Å². The Hall–Kier alpha value is -14.6. The van der Waals surface area contributed by atoms with Crippen molar-refractivity contribution in [3.8, 4) is 74.7 Å². The van der Waals surface area contributed by atoms with E-state index in [9.17, 15) is 107 Å². The molecule has 42 heteroatoms. The van der Waals surface area contributed by atoms with Crippen molar-refractivity contribution in [2.45, 2.75) is 138 Å². The van der Waals surface area contributed by atoms with Gasteiger partial charge in [-0.3, -0.25) is 81.5 Å². The third-order valence-corrected chi connectivity index (χ3v) is 19.1. The largest absolute Gasteiger partial charge is 0.504 e. The van der Waals surface area contributed by atoms with Crippen molar-refractivity contribution in [2.75, 3.05) is 0 Å². The summed E-state index contributed by atoms with van der Waals surface area (Å²) in [7, 11) is 0. The number of hydrogen-bond donors (Lipinski definition) is 20. The Labute approximate surface area is 790 Å². The van der Waals surface area contributed by atoms with E-state index >= 15 is 0 Å². The van der Waals surface area contributed by atoms with Crippen LogP contribution in [0.25, 0.3) is 0 Å². The number of H-pyrrole nitrogens is 6. The van der Waals surface area contributed by atoms with Gasteiger partial charge in [0.2, 0.25) is 27.1 Å². The standard InChI is InChI=1S/C10H10Cl2O3.C10H11ClO3.C10H12O3.C9H10ClNO3.C9H11NO4.5C9H11NO3/c1-4(2)8(13)5-3-6(11)9(14)10(15)7(5)12;1-5(2)9(13)6-3-4-7(12)10(14)8(6)11;1-6(2)10(13)7-3-4-8(11)9(12)5-7;1-4(2)8(13)7-6(10)9(14)5(12)3-11-7;1-5(2)9(13)6-3-7(11)8(12)4-10(6)14;1-5(2)8(12)6-3-10-4-7(11)9(6)13;1-5(2)9(13)6-3-7(11)8(12)4-10-6;1-5(2)8(12)6-3-7(11)9(13)10-4-6;1-5(2)8(12)7-9(13)6(11)3-4-10-7;1-5(2)8(12)6-3-4-7(11)9(13)10-6/h3-4,14-15H,1-2H3;3-5,12,14H,1-2H3;3-6,11-12H,1-2H3;3-4,12H,1-2H3,(H,11,14);3-5,12,14H,1-2H3;3-5,11H,1-2H3,(H,10,13);3-5,12H,1-2H3,(H,10,11);3-5,11H,1-2H3,(H,10,13);3-5,13H,1-2H3,(H,10,11);3-5,11H,1-2H3,(H,10,13). The van der Waals surface area contributed by atoms with E-state index in [1.165, 1.54) is 79.3 Å². The Kier molecular flexibility index (Phi) is 47.7. The quantitative estimate of drug-likeness (QED) is 0.0191. The van der Waals surface area contributed by atoms with Crippen molar-refractivity contribution >= 4 is 104 Å². The molecule has 10 rings (SSSR count). The maximum Gasteiger partial charge on any atom is 0.290 e. The number of phenols is 6. The van der Waals surface area contributed by atoms with Crippen molar-refractivity contribution in [1.29, 1.82) is 0 Å². The van der Waals surface area contributed by atoms with Gasteiger partial charge in [-0.05, 0) is 54.6 Å². The molecular weight excluding hydrogens is 1850 g/mol. The van der Waals surface area contributed by atoms with E-state index in [4.69, 9.17) is 92.4 Å². The highest BCUT2D eigenvalue weighted by atomic mass is 35.5. The summed E-state index contributed by atoms with van der Waals surface area (Å²) in [6.07, 6.45) is 8.10. The normalized spacial score (nSPS) is 10.5. The van der Waals surface area contributed by atoms with Gasteiger partial charge in [0, 0.05) is 137 Å². The van der Waals surface area contributed by atoms with Gasteiger partial charge in [-0.25, -0.2) is 0 Å². The molecule has 7 aromatic heterocycles. The summed E-state index contributed by atoms with van der Waals surface area (Å²) in [5.74, 6) is -9.59. The molecular formula is C93H109Cl4N7O31. The van der Waals surface area contributed by atoms with Gasteiger partial charge in [-0.2, -0.15) is 4.73 Å². The number of nitrogens with one attached hydrogen (secondary N) is 6. The van der Waals surface area contributed by atoms with Gasteiger partial charge in [-0.1, -0.05) is 185 Å². The lowest BCUT2D eigenvalue weighted by molar-refractivity contribution is 0.0877. The fourth-order valence-electron chi connectivity index (χ4n) is 9.82. The third kappa shape index (κ3) is 35.5. The van der Waals surface area contributed by atoms with E-state index in [1.807, 2.05) is 0 Å². The van der Waals surface area contributed by atoms with E-state index in [1.54, 1.807) is 138 Å². The number of carbonyl (C=O) groups is 10. The minimum atomic E-state index is -0.727.